The second-order valence-electron chi connectivity index (χ2n) is 8.06. The largest absolute Gasteiger partial charge is 0.491 e. The number of esters is 1. The minimum Gasteiger partial charge on any atom is -0.491 e. The summed E-state index contributed by atoms with van der Waals surface area (Å²) in [5.41, 5.74) is 0.338. The molecule has 1 saturated heterocycles. The highest BCUT2D eigenvalue weighted by Gasteiger charge is 2.39. The first-order valence-electron chi connectivity index (χ1n) is 10.2. The number of benzene rings is 1. The van der Waals surface area contributed by atoms with E-state index in [1.807, 2.05) is 13.8 Å². The third kappa shape index (κ3) is 5.72. The van der Waals surface area contributed by atoms with Crippen LogP contribution in [0.3, 0.4) is 0 Å². The minimum atomic E-state index is -3.10. The quantitative estimate of drug-likeness (QED) is 0.626. The van der Waals surface area contributed by atoms with Gasteiger partial charge in [0.25, 0.3) is 5.91 Å². The van der Waals surface area contributed by atoms with E-state index in [0.29, 0.717) is 17.7 Å². The number of rotatable bonds is 7. The predicted molar refractivity (Wildman–Crippen MR) is 109 cm³/mol. The third-order valence-corrected chi connectivity index (χ3v) is 7.15. The summed E-state index contributed by atoms with van der Waals surface area (Å²) >= 11 is 0. The Hall–Kier alpha value is -2.09. The standard InChI is InChI=1S/C21H29NO6S/c1-15(2)28-19-9-7-16(8-10-19)21(24)27-13-20(23)22(17-5-3-4-6-17)18-11-12-29(25,26)14-18/h7-10,15,17-18H,3-6,11-14H2,1-2H3. The van der Waals surface area contributed by atoms with Crippen LogP contribution < -0.4 is 4.74 Å². The van der Waals surface area contributed by atoms with Crippen molar-refractivity contribution in [3.05, 3.63) is 29.8 Å². The molecule has 0 bridgehead atoms. The van der Waals surface area contributed by atoms with E-state index in [4.69, 9.17) is 9.47 Å². The second kappa shape index (κ2) is 9.15. The molecule has 160 valence electrons. The zero-order valence-corrected chi connectivity index (χ0v) is 17.8. The lowest BCUT2D eigenvalue weighted by atomic mass is 10.1. The van der Waals surface area contributed by atoms with Gasteiger partial charge in [-0.15, -0.1) is 0 Å². The summed E-state index contributed by atoms with van der Waals surface area (Å²) in [5, 5.41) is 0. The van der Waals surface area contributed by atoms with Crippen molar-refractivity contribution in [1.29, 1.82) is 0 Å². The average Bonchev–Trinajstić information content (AvgIpc) is 3.30. The Kier molecular flexibility index (Phi) is 6.82. The van der Waals surface area contributed by atoms with Crippen molar-refractivity contribution in [2.24, 2.45) is 0 Å². The SMILES string of the molecule is CC(C)Oc1ccc(C(=O)OCC(=O)N(C2CCCC2)C2CCS(=O)(=O)C2)cc1. The zero-order valence-electron chi connectivity index (χ0n) is 17.0. The smallest absolute Gasteiger partial charge is 0.338 e. The fraction of sp³-hybridized carbons (Fsp3) is 0.619. The lowest BCUT2D eigenvalue weighted by Crippen LogP contribution is -2.48. The number of hydrogen-bond donors (Lipinski definition) is 0. The molecule has 2 aliphatic rings. The Bertz CT molecular complexity index is 827. The molecule has 29 heavy (non-hydrogen) atoms. The van der Waals surface area contributed by atoms with E-state index in [-0.39, 0.29) is 42.2 Å². The molecule has 0 N–H and O–H groups in total. The summed E-state index contributed by atoms with van der Waals surface area (Å²) in [4.78, 5) is 26.9. The number of sulfone groups is 1. The molecule has 3 rings (SSSR count). The number of ether oxygens (including phenoxy) is 2. The van der Waals surface area contributed by atoms with Crippen LogP contribution in [0.5, 0.6) is 5.75 Å². The lowest BCUT2D eigenvalue weighted by Gasteiger charge is -2.33. The first kappa shape index (κ1) is 21.6. The number of hydrogen-bond acceptors (Lipinski definition) is 6. The topological polar surface area (TPSA) is 90.0 Å². The van der Waals surface area contributed by atoms with Crippen LogP contribution in [-0.4, -0.2) is 61.5 Å². The van der Waals surface area contributed by atoms with E-state index in [1.165, 1.54) is 0 Å². The van der Waals surface area contributed by atoms with E-state index in [1.54, 1.807) is 29.2 Å². The molecule has 1 aliphatic heterocycles. The predicted octanol–water partition coefficient (Wildman–Crippen LogP) is 2.59. The van der Waals surface area contributed by atoms with Crippen LogP contribution in [0.25, 0.3) is 0 Å². The highest BCUT2D eigenvalue weighted by Crippen LogP contribution is 2.29. The number of carbonyl (C=O) groups is 2. The van der Waals surface area contributed by atoms with E-state index in [0.717, 1.165) is 25.7 Å². The summed E-state index contributed by atoms with van der Waals surface area (Å²) in [5.74, 6) is -0.131. The third-order valence-electron chi connectivity index (χ3n) is 5.40. The van der Waals surface area contributed by atoms with Gasteiger partial charge in [-0.1, -0.05) is 12.8 Å². The van der Waals surface area contributed by atoms with Crippen molar-refractivity contribution in [2.75, 3.05) is 18.1 Å². The first-order valence-corrected chi connectivity index (χ1v) is 12.0. The first-order chi connectivity index (χ1) is 13.7. The van der Waals surface area contributed by atoms with Crippen LogP contribution in [0.2, 0.25) is 0 Å². The van der Waals surface area contributed by atoms with E-state index < -0.39 is 15.8 Å². The fourth-order valence-electron chi connectivity index (χ4n) is 4.11. The van der Waals surface area contributed by atoms with Crippen LogP contribution in [0.4, 0.5) is 0 Å². The summed E-state index contributed by atoms with van der Waals surface area (Å²) < 4.78 is 34.6. The van der Waals surface area contributed by atoms with Crippen LogP contribution in [0.15, 0.2) is 24.3 Å². The van der Waals surface area contributed by atoms with Crippen molar-refractivity contribution in [2.45, 2.75) is 64.1 Å². The average molecular weight is 424 g/mol. The molecule has 1 heterocycles. The number of amides is 1. The van der Waals surface area contributed by atoms with Gasteiger partial charge in [0.2, 0.25) is 0 Å². The summed E-state index contributed by atoms with van der Waals surface area (Å²) in [7, 11) is -3.10. The van der Waals surface area contributed by atoms with Gasteiger partial charge < -0.3 is 14.4 Å². The molecule has 0 aromatic heterocycles. The van der Waals surface area contributed by atoms with Crippen LogP contribution in [0.1, 0.15) is 56.3 Å². The fourth-order valence-corrected chi connectivity index (χ4v) is 5.82. The summed E-state index contributed by atoms with van der Waals surface area (Å²) in [6.45, 7) is 3.45. The zero-order chi connectivity index (χ0) is 21.0. The molecule has 1 aromatic carbocycles. The Morgan fingerprint density at radius 1 is 1.07 bits per heavy atom. The van der Waals surface area contributed by atoms with Crippen molar-refractivity contribution in [3.8, 4) is 5.75 Å². The molecule has 1 amide bonds. The molecule has 1 unspecified atom stereocenters. The highest BCUT2D eigenvalue weighted by atomic mass is 32.2. The molecule has 0 radical (unpaired) electrons. The molecular weight excluding hydrogens is 394 g/mol. The molecule has 1 aromatic rings. The maximum absolute atomic E-state index is 12.9. The van der Waals surface area contributed by atoms with Gasteiger partial charge in [0, 0.05) is 12.1 Å². The van der Waals surface area contributed by atoms with Gasteiger partial charge in [-0.25, -0.2) is 13.2 Å². The van der Waals surface area contributed by atoms with Gasteiger partial charge in [0.15, 0.2) is 16.4 Å². The molecule has 1 aliphatic carbocycles. The van der Waals surface area contributed by atoms with Crippen molar-refractivity contribution >= 4 is 21.7 Å². The van der Waals surface area contributed by atoms with Crippen LogP contribution >= 0.6 is 0 Å². The lowest BCUT2D eigenvalue weighted by molar-refractivity contribution is -0.139. The van der Waals surface area contributed by atoms with Crippen LogP contribution in [-0.2, 0) is 19.4 Å². The van der Waals surface area contributed by atoms with Gasteiger partial charge in [-0.2, -0.15) is 0 Å². The number of carbonyl (C=O) groups excluding carboxylic acids is 2. The van der Waals surface area contributed by atoms with E-state index in [2.05, 4.69) is 0 Å². The van der Waals surface area contributed by atoms with Gasteiger partial charge >= 0.3 is 5.97 Å². The van der Waals surface area contributed by atoms with Gasteiger partial charge in [0.05, 0.1) is 23.2 Å². The summed E-state index contributed by atoms with van der Waals surface area (Å²) in [6.07, 6.45) is 4.28. The molecule has 1 saturated carbocycles. The molecule has 8 heteroatoms. The van der Waals surface area contributed by atoms with Gasteiger partial charge in [0.1, 0.15) is 5.75 Å². The Morgan fingerprint density at radius 3 is 2.28 bits per heavy atom. The monoisotopic (exact) mass is 423 g/mol. The van der Waals surface area contributed by atoms with Crippen molar-refractivity contribution < 1.29 is 27.5 Å². The molecular formula is C21H29NO6S. The normalized spacial score (nSPS) is 21.3. The van der Waals surface area contributed by atoms with Gasteiger partial charge in [-0.3, -0.25) is 4.79 Å². The van der Waals surface area contributed by atoms with Gasteiger partial charge in [-0.05, 0) is 57.4 Å². The maximum atomic E-state index is 12.9. The van der Waals surface area contributed by atoms with E-state index in [9.17, 15) is 18.0 Å². The second-order valence-corrected chi connectivity index (χ2v) is 10.3. The highest BCUT2D eigenvalue weighted by molar-refractivity contribution is 7.91. The number of nitrogens with zero attached hydrogens (tertiary/aromatic N) is 1. The molecule has 1 atom stereocenters. The molecule has 2 fully saturated rings. The van der Waals surface area contributed by atoms with Crippen LogP contribution in [0, 0.1) is 0 Å². The maximum Gasteiger partial charge on any atom is 0.338 e. The Balaban J connectivity index is 1.61. The minimum absolute atomic E-state index is 0.000496. The summed E-state index contributed by atoms with van der Waals surface area (Å²) in [6, 6.07) is 6.29. The van der Waals surface area contributed by atoms with Crippen molar-refractivity contribution in [1.82, 2.24) is 4.90 Å². The molecule has 0 spiro atoms. The Labute approximate surface area is 172 Å². The Morgan fingerprint density at radius 2 is 1.72 bits per heavy atom. The van der Waals surface area contributed by atoms with E-state index >= 15 is 0 Å². The molecule has 7 nitrogen and oxygen atoms in total. The van der Waals surface area contributed by atoms with Crippen molar-refractivity contribution in [3.63, 3.8) is 0 Å².